The summed E-state index contributed by atoms with van der Waals surface area (Å²) >= 11 is 0. The fourth-order valence-electron chi connectivity index (χ4n) is 2.54. The Kier molecular flexibility index (Phi) is 3.61. The maximum atomic E-state index is 6.19. The van der Waals surface area contributed by atoms with Gasteiger partial charge in [0.1, 0.15) is 0 Å². The summed E-state index contributed by atoms with van der Waals surface area (Å²) in [7, 11) is 0. The van der Waals surface area contributed by atoms with E-state index in [2.05, 4.69) is 29.9 Å². The highest BCUT2D eigenvalue weighted by molar-refractivity contribution is 5.11. The Morgan fingerprint density at radius 2 is 2.31 bits per heavy atom. The van der Waals surface area contributed by atoms with Crippen LogP contribution >= 0.6 is 0 Å². The van der Waals surface area contributed by atoms with Crippen molar-refractivity contribution in [2.24, 2.45) is 5.73 Å². The second-order valence-corrected chi connectivity index (χ2v) is 4.53. The lowest BCUT2D eigenvalue weighted by molar-refractivity contribution is 0.243. The van der Waals surface area contributed by atoms with Crippen molar-refractivity contribution in [3.05, 3.63) is 18.0 Å². The third-order valence-electron chi connectivity index (χ3n) is 3.35. The zero-order valence-electron chi connectivity index (χ0n) is 10.3. The SMILES string of the molecule is CCCN1CC[C@H](N)[C@H]1c1ccn(CC)n1. The van der Waals surface area contributed by atoms with Gasteiger partial charge in [0, 0.05) is 25.3 Å². The standard InChI is InChI=1S/C12H22N4/c1-3-7-15-8-5-10(13)12(15)11-6-9-16(4-2)14-11/h6,9-10,12H,3-5,7-8,13H2,1-2H3/t10-,12-/m0/s1. The number of aryl methyl sites for hydroxylation is 1. The molecule has 16 heavy (non-hydrogen) atoms. The zero-order valence-corrected chi connectivity index (χ0v) is 10.3. The van der Waals surface area contributed by atoms with Crippen LogP contribution in [0.25, 0.3) is 0 Å². The van der Waals surface area contributed by atoms with Gasteiger partial charge in [-0.2, -0.15) is 5.10 Å². The van der Waals surface area contributed by atoms with Gasteiger partial charge in [0.05, 0.1) is 11.7 Å². The van der Waals surface area contributed by atoms with Crippen molar-refractivity contribution in [1.82, 2.24) is 14.7 Å². The van der Waals surface area contributed by atoms with Crippen LogP contribution in [-0.2, 0) is 6.54 Å². The molecule has 2 atom stereocenters. The fraction of sp³-hybridized carbons (Fsp3) is 0.750. The van der Waals surface area contributed by atoms with E-state index in [0.29, 0.717) is 6.04 Å². The topological polar surface area (TPSA) is 47.1 Å². The lowest BCUT2D eigenvalue weighted by Gasteiger charge is -2.24. The summed E-state index contributed by atoms with van der Waals surface area (Å²) in [4.78, 5) is 2.47. The minimum Gasteiger partial charge on any atom is -0.326 e. The second-order valence-electron chi connectivity index (χ2n) is 4.53. The largest absolute Gasteiger partial charge is 0.326 e. The molecule has 1 aromatic rings. The van der Waals surface area contributed by atoms with Crippen molar-refractivity contribution in [3.8, 4) is 0 Å². The van der Waals surface area contributed by atoms with Gasteiger partial charge < -0.3 is 5.73 Å². The first kappa shape index (κ1) is 11.6. The van der Waals surface area contributed by atoms with Crippen molar-refractivity contribution in [1.29, 1.82) is 0 Å². The van der Waals surface area contributed by atoms with E-state index in [-0.39, 0.29) is 6.04 Å². The molecule has 0 bridgehead atoms. The predicted octanol–water partition coefficient (Wildman–Crippen LogP) is 1.39. The van der Waals surface area contributed by atoms with Gasteiger partial charge in [-0.3, -0.25) is 9.58 Å². The van der Waals surface area contributed by atoms with Crippen molar-refractivity contribution < 1.29 is 0 Å². The molecule has 0 unspecified atom stereocenters. The Morgan fingerprint density at radius 3 is 2.94 bits per heavy atom. The minimum atomic E-state index is 0.242. The van der Waals surface area contributed by atoms with Crippen LogP contribution in [0.1, 0.15) is 38.4 Å². The van der Waals surface area contributed by atoms with Crippen molar-refractivity contribution >= 4 is 0 Å². The summed E-state index contributed by atoms with van der Waals surface area (Å²) in [6.07, 6.45) is 4.31. The van der Waals surface area contributed by atoms with Gasteiger partial charge in [-0.1, -0.05) is 6.92 Å². The Bertz CT molecular complexity index is 332. The van der Waals surface area contributed by atoms with Crippen molar-refractivity contribution in [2.45, 2.75) is 45.3 Å². The normalized spacial score (nSPS) is 26.4. The molecule has 2 heterocycles. The van der Waals surface area contributed by atoms with Gasteiger partial charge >= 0.3 is 0 Å². The van der Waals surface area contributed by atoms with E-state index in [0.717, 1.165) is 31.7 Å². The van der Waals surface area contributed by atoms with Crippen LogP contribution in [0, 0.1) is 0 Å². The van der Waals surface area contributed by atoms with Crippen LogP contribution in [0.3, 0.4) is 0 Å². The number of hydrogen-bond acceptors (Lipinski definition) is 3. The van der Waals surface area contributed by atoms with Crippen molar-refractivity contribution in [2.75, 3.05) is 13.1 Å². The van der Waals surface area contributed by atoms with E-state index in [1.54, 1.807) is 0 Å². The molecule has 1 aliphatic heterocycles. The van der Waals surface area contributed by atoms with Gasteiger partial charge in [0.25, 0.3) is 0 Å². The fourth-order valence-corrected chi connectivity index (χ4v) is 2.54. The number of nitrogens with zero attached hydrogens (tertiary/aromatic N) is 3. The van der Waals surface area contributed by atoms with E-state index < -0.39 is 0 Å². The molecule has 1 fully saturated rings. The van der Waals surface area contributed by atoms with E-state index in [9.17, 15) is 0 Å². The molecule has 4 heteroatoms. The highest BCUT2D eigenvalue weighted by Gasteiger charge is 2.33. The van der Waals surface area contributed by atoms with E-state index in [1.807, 2.05) is 10.9 Å². The van der Waals surface area contributed by atoms with Crippen LogP contribution in [0.5, 0.6) is 0 Å². The molecule has 0 aliphatic carbocycles. The van der Waals surface area contributed by atoms with Crippen molar-refractivity contribution in [3.63, 3.8) is 0 Å². The molecule has 0 radical (unpaired) electrons. The molecule has 0 saturated carbocycles. The Labute approximate surface area is 97.4 Å². The third kappa shape index (κ3) is 2.13. The van der Waals surface area contributed by atoms with Crippen LogP contribution in [0.4, 0.5) is 0 Å². The Hall–Kier alpha value is -0.870. The van der Waals surface area contributed by atoms with E-state index in [4.69, 9.17) is 5.73 Å². The molecule has 1 aliphatic rings. The molecular formula is C12H22N4. The number of hydrogen-bond donors (Lipinski definition) is 1. The van der Waals surface area contributed by atoms with Crippen LogP contribution in [0.15, 0.2) is 12.3 Å². The molecular weight excluding hydrogens is 200 g/mol. The van der Waals surface area contributed by atoms with Gasteiger partial charge in [0.15, 0.2) is 0 Å². The molecule has 1 saturated heterocycles. The molecule has 2 N–H and O–H groups in total. The first-order valence-corrected chi connectivity index (χ1v) is 6.29. The Morgan fingerprint density at radius 1 is 1.50 bits per heavy atom. The number of likely N-dealkylation sites (tertiary alicyclic amines) is 1. The second kappa shape index (κ2) is 4.97. The van der Waals surface area contributed by atoms with Crippen LogP contribution < -0.4 is 5.73 Å². The summed E-state index contributed by atoms with van der Waals surface area (Å²) < 4.78 is 1.98. The molecule has 90 valence electrons. The number of aromatic nitrogens is 2. The lowest BCUT2D eigenvalue weighted by Crippen LogP contribution is -2.32. The molecule has 4 nitrogen and oxygen atoms in total. The first-order valence-electron chi connectivity index (χ1n) is 6.29. The highest BCUT2D eigenvalue weighted by Crippen LogP contribution is 2.29. The number of nitrogens with two attached hydrogens (primary N) is 1. The molecule has 0 aromatic carbocycles. The van der Waals surface area contributed by atoms with Crippen LogP contribution in [-0.4, -0.2) is 33.8 Å². The smallest absolute Gasteiger partial charge is 0.0812 e. The van der Waals surface area contributed by atoms with Gasteiger partial charge in [0.2, 0.25) is 0 Å². The lowest BCUT2D eigenvalue weighted by atomic mass is 10.1. The average Bonchev–Trinajstić information content (AvgIpc) is 2.86. The molecule has 2 rings (SSSR count). The Balaban J connectivity index is 2.15. The van der Waals surface area contributed by atoms with Gasteiger partial charge in [-0.05, 0) is 32.4 Å². The zero-order chi connectivity index (χ0) is 11.5. The first-order chi connectivity index (χ1) is 7.76. The molecule has 0 spiro atoms. The summed E-state index contributed by atoms with van der Waals surface area (Å²) in [6, 6.07) is 2.68. The summed E-state index contributed by atoms with van der Waals surface area (Å²) in [5.74, 6) is 0. The summed E-state index contributed by atoms with van der Waals surface area (Å²) in [5, 5.41) is 4.59. The average molecular weight is 222 g/mol. The minimum absolute atomic E-state index is 0.242. The summed E-state index contributed by atoms with van der Waals surface area (Å²) in [5.41, 5.74) is 7.33. The molecule has 0 amide bonds. The maximum absolute atomic E-state index is 6.19. The monoisotopic (exact) mass is 222 g/mol. The van der Waals surface area contributed by atoms with Gasteiger partial charge in [-0.25, -0.2) is 0 Å². The summed E-state index contributed by atoms with van der Waals surface area (Å²) in [6.45, 7) is 7.48. The number of rotatable bonds is 4. The third-order valence-corrected chi connectivity index (χ3v) is 3.35. The molecule has 1 aromatic heterocycles. The quantitative estimate of drug-likeness (QED) is 0.837. The maximum Gasteiger partial charge on any atom is 0.0812 e. The van der Waals surface area contributed by atoms with E-state index in [1.165, 1.54) is 6.42 Å². The van der Waals surface area contributed by atoms with Crippen LogP contribution in [0.2, 0.25) is 0 Å². The van der Waals surface area contributed by atoms with Gasteiger partial charge in [-0.15, -0.1) is 0 Å². The van der Waals surface area contributed by atoms with E-state index >= 15 is 0 Å². The highest BCUT2D eigenvalue weighted by atomic mass is 15.3. The predicted molar refractivity (Wildman–Crippen MR) is 65.1 cm³/mol.